The maximum Gasteiger partial charge on any atom is 0.335 e. The van der Waals surface area contributed by atoms with Gasteiger partial charge in [0.2, 0.25) is 10.0 Å². The second kappa shape index (κ2) is 4.94. The Balaban J connectivity index is 2.88. The number of benzene rings is 1. The molecule has 0 aromatic heterocycles. The SMILES string of the molecule is CS(=O)(=O)CS(=O)(=O)Nc1ccc(C(=O)O)cc1. The van der Waals surface area contributed by atoms with Crippen molar-refractivity contribution in [3.8, 4) is 0 Å². The van der Waals surface area contributed by atoms with Gasteiger partial charge in [-0.2, -0.15) is 0 Å². The Morgan fingerprint density at radius 2 is 1.67 bits per heavy atom. The summed E-state index contributed by atoms with van der Waals surface area (Å²) in [5.74, 6) is -1.14. The predicted octanol–water partition coefficient (Wildman–Crippen LogP) is 0.129. The van der Waals surface area contributed by atoms with E-state index in [-0.39, 0.29) is 11.3 Å². The van der Waals surface area contributed by atoms with Crippen LogP contribution in [0, 0.1) is 0 Å². The van der Waals surface area contributed by atoms with Gasteiger partial charge < -0.3 is 5.11 Å². The minimum atomic E-state index is -4.01. The molecular formula is C9H11NO6S2. The highest BCUT2D eigenvalue weighted by atomic mass is 32.3. The first-order valence-electron chi connectivity index (χ1n) is 4.61. The molecule has 0 saturated heterocycles. The fourth-order valence-corrected chi connectivity index (χ4v) is 4.16. The van der Waals surface area contributed by atoms with Gasteiger partial charge in [0.05, 0.1) is 5.56 Å². The van der Waals surface area contributed by atoms with Crippen LogP contribution in [0.15, 0.2) is 24.3 Å². The number of hydrogen-bond donors (Lipinski definition) is 2. The molecular weight excluding hydrogens is 282 g/mol. The van der Waals surface area contributed by atoms with Crippen LogP contribution < -0.4 is 4.72 Å². The van der Waals surface area contributed by atoms with Crippen molar-refractivity contribution in [2.24, 2.45) is 0 Å². The summed E-state index contributed by atoms with van der Waals surface area (Å²) in [6, 6.07) is 4.90. The molecule has 0 saturated carbocycles. The number of aromatic carboxylic acids is 1. The molecule has 0 aliphatic carbocycles. The zero-order valence-electron chi connectivity index (χ0n) is 9.32. The lowest BCUT2D eigenvalue weighted by atomic mass is 10.2. The standard InChI is InChI=1S/C9H11NO6S2/c1-17(13,14)6-18(15,16)10-8-4-2-7(3-5-8)9(11)12/h2-5,10H,6H2,1H3,(H,11,12). The Bertz CT molecular complexity index is 645. The van der Waals surface area contributed by atoms with Crippen LogP contribution in [0.3, 0.4) is 0 Å². The number of sulfonamides is 1. The Morgan fingerprint density at radius 1 is 1.17 bits per heavy atom. The van der Waals surface area contributed by atoms with Gasteiger partial charge in [-0.15, -0.1) is 0 Å². The molecule has 2 N–H and O–H groups in total. The summed E-state index contributed by atoms with van der Waals surface area (Å²) in [4.78, 5) is 10.6. The number of rotatable bonds is 5. The first kappa shape index (κ1) is 14.5. The van der Waals surface area contributed by atoms with Gasteiger partial charge in [0.25, 0.3) is 0 Å². The van der Waals surface area contributed by atoms with Crippen molar-refractivity contribution in [1.82, 2.24) is 0 Å². The molecule has 0 fully saturated rings. The third-order valence-electron chi connectivity index (χ3n) is 1.77. The Kier molecular flexibility index (Phi) is 3.97. The van der Waals surface area contributed by atoms with Crippen LogP contribution in [-0.2, 0) is 19.9 Å². The lowest BCUT2D eigenvalue weighted by Gasteiger charge is -2.06. The molecule has 0 spiro atoms. The van der Waals surface area contributed by atoms with Crippen molar-refractivity contribution in [1.29, 1.82) is 0 Å². The molecule has 18 heavy (non-hydrogen) atoms. The lowest BCUT2D eigenvalue weighted by Crippen LogP contribution is -2.22. The molecule has 0 heterocycles. The van der Waals surface area contributed by atoms with Crippen LogP contribution >= 0.6 is 0 Å². The predicted molar refractivity (Wildman–Crippen MR) is 65.7 cm³/mol. The molecule has 0 aliphatic heterocycles. The molecule has 0 unspecified atom stereocenters. The van der Waals surface area contributed by atoms with Crippen molar-refractivity contribution in [3.05, 3.63) is 29.8 Å². The highest BCUT2D eigenvalue weighted by Crippen LogP contribution is 2.12. The molecule has 1 rings (SSSR count). The molecule has 0 atom stereocenters. The minimum Gasteiger partial charge on any atom is -0.478 e. The van der Waals surface area contributed by atoms with Crippen LogP contribution in [0.2, 0.25) is 0 Å². The van der Waals surface area contributed by atoms with Gasteiger partial charge in [-0.05, 0) is 24.3 Å². The molecule has 7 nitrogen and oxygen atoms in total. The molecule has 1 aromatic rings. The summed E-state index contributed by atoms with van der Waals surface area (Å²) >= 11 is 0. The monoisotopic (exact) mass is 293 g/mol. The smallest absolute Gasteiger partial charge is 0.335 e. The van der Waals surface area contributed by atoms with E-state index in [0.29, 0.717) is 0 Å². The largest absolute Gasteiger partial charge is 0.478 e. The molecule has 0 aliphatic rings. The van der Waals surface area contributed by atoms with Gasteiger partial charge in [-0.1, -0.05) is 0 Å². The van der Waals surface area contributed by atoms with E-state index < -0.39 is 30.9 Å². The van der Waals surface area contributed by atoms with E-state index in [0.717, 1.165) is 6.26 Å². The van der Waals surface area contributed by atoms with Crippen LogP contribution in [-0.4, -0.2) is 39.3 Å². The average molecular weight is 293 g/mol. The second-order valence-electron chi connectivity index (χ2n) is 3.64. The first-order chi connectivity index (χ1) is 8.09. The van der Waals surface area contributed by atoms with Crippen LogP contribution in [0.1, 0.15) is 10.4 Å². The highest BCUT2D eigenvalue weighted by Gasteiger charge is 2.18. The van der Waals surface area contributed by atoms with Crippen molar-refractivity contribution in [3.63, 3.8) is 0 Å². The molecule has 0 amide bonds. The van der Waals surface area contributed by atoms with E-state index in [1.54, 1.807) is 0 Å². The van der Waals surface area contributed by atoms with Crippen LogP contribution in [0.4, 0.5) is 5.69 Å². The third-order valence-corrected chi connectivity index (χ3v) is 5.27. The van der Waals surface area contributed by atoms with Gasteiger partial charge in [-0.25, -0.2) is 21.6 Å². The topological polar surface area (TPSA) is 118 Å². The molecule has 100 valence electrons. The van der Waals surface area contributed by atoms with Crippen molar-refractivity contribution >= 4 is 31.5 Å². The van der Waals surface area contributed by atoms with Gasteiger partial charge in [-0.3, -0.25) is 4.72 Å². The fraction of sp³-hybridized carbons (Fsp3) is 0.222. The van der Waals surface area contributed by atoms with Gasteiger partial charge in [0, 0.05) is 11.9 Å². The van der Waals surface area contributed by atoms with E-state index in [1.807, 2.05) is 4.72 Å². The second-order valence-corrected chi connectivity index (χ2v) is 7.87. The Labute approximate surface area is 104 Å². The Morgan fingerprint density at radius 3 is 2.06 bits per heavy atom. The lowest BCUT2D eigenvalue weighted by molar-refractivity contribution is 0.0697. The summed E-state index contributed by atoms with van der Waals surface area (Å²) in [5.41, 5.74) is 0.102. The number of sulfone groups is 1. The van der Waals surface area contributed by atoms with E-state index in [2.05, 4.69) is 0 Å². The summed E-state index contributed by atoms with van der Waals surface area (Å²) in [7, 11) is -7.68. The van der Waals surface area contributed by atoms with Crippen LogP contribution in [0.25, 0.3) is 0 Å². The maximum atomic E-state index is 11.4. The summed E-state index contributed by atoms with van der Waals surface area (Å²) in [6.45, 7) is 0. The maximum absolute atomic E-state index is 11.4. The van der Waals surface area contributed by atoms with Crippen molar-refractivity contribution in [2.45, 2.75) is 0 Å². The first-order valence-corrected chi connectivity index (χ1v) is 8.32. The zero-order chi connectivity index (χ0) is 14.0. The summed E-state index contributed by atoms with van der Waals surface area (Å²) in [5, 5.41) is 7.62. The summed E-state index contributed by atoms with van der Waals surface area (Å²) in [6.07, 6.45) is 0.805. The fourth-order valence-electron chi connectivity index (χ4n) is 1.17. The van der Waals surface area contributed by atoms with Crippen molar-refractivity contribution in [2.75, 3.05) is 16.1 Å². The van der Waals surface area contributed by atoms with E-state index in [9.17, 15) is 21.6 Å². The van der Waals surface area contributed by atoms with Crippen molar-refractivity contribution < 1.29 is 26.7 Å². The van der Waals surface area contributed by atoms with E-state index in [1.165, 1.54) is 24.3 Å². The number of carboxylic acids is 1. The van der Waals surface area contributed by atoms with Gasteiger partial charge >= 0.3 is 5.97 Å². The average Bonchev–Trinajstić information content (AvgIpc) is 2.13. The highest BCUT2D eigenvalue weighted by molar-refractivity contribution is 8.08. The molecule has 9 heteroatoms. The number of nitrogens with one attached hydrogen (secondary N) is 1. The van der Waals surface area contributed by atoms with E-state index >= 15 is 0 Å². The zero-order valence-corrected chi connectivity index (χ0v) is 11.0. The third kappa shape index (κ3) is 4.72. The van der Waals surface area contributed by atoms with E-state index in [4.69, 9.17) is 5.11 Å². The Hall–Kier alpha value is -1.61. The molecule has 1 aromatic carbocycles. The number of anilines is 1. The number of carboxylic acid groups (broad SMARTS) is 1. The normalized spacial score (nSPS) is 12.1. The molecule has 0 radical (unpaired) electrons. The van der Waals surface area contributed by atoms with Gasteiger partial charge in [0.15, 0.2) is 14.9 Å². The van der Waals surface area contributed by atoms with Crippen LogP contribution in [0.5, 0.6) is 0 Å². The summed E-state index contributed by atoms with van der Waals surface area (Å²) < 4.78 is 46.7. The molecule has 0 bridgehead atoms. The number of carbonyl (C=O) groups is 1. The quantitative estimate of drug-likeness (QED) is 0.796. The van der Waals surface area contributed by atoms with Gasteiger partial charge in [0.1, 0.15) is 0 Å². The minimum absolute atomic E-state index is 0.000982. The number of hydrogen-bond acceptors (Lipinski definition) is 5.